The Kier molecular flexibility index (Phi) is 3.80. The zero-order valence-corrected chi connectivity index (χ0v) is 10.9. The van der Waals surface area contributed by atoms with Gasteiger partial charge in [-0.2, -0.15) is 0 Å². The maximum Gasteiger partial charge on any atom is 0.196 e. The first-order valence-electron chi connectivity index (χ1n) is 4.71. The Morgan fingerprint density at radius 2 is 2.06 bits per heavy atom. The molecule has 16 heavy (non-hydrogen) atoms. The smallest absolute Gasteiger partial charge is 0.196 e. The quantitative estimate of drug-likeness (QED) is 0.900. The fourth-order valence-electron chi connectivity index (χ4n) is 1.48. The molecule has 0 amide bonds. The van der Waals surface area contributed by atoms with E-state index in [1.165, 1.54) is 13.2 Å². The molecule has 0 aliphatic carbocycles. The number of ether oxygens (including phenoxy) is 1. The number of phenols is 1. The molecule has 0 aliphatic rings. The molecule has 3 nitrogen and oxygen atoms in total. The van der Waals surface area contributed by atoms with Crippen LogP contribution in [0, 0.1) is 5.82 Å². The first-order chi connectivity index (χ1) is 7.35. The number of rotatable bonds is 3. The van der Waals surface area contributed by atoms with Crippen molar-refractivity contribution < 1.29 is 19.3 Å². The molecule has 1 aromatic rings. The van der Waals surface area contributed by atoms with Crippen LogP contribution in [-0.4, -0.2) is 23.9 Å². The average Bonchev–Trinajstić information content (AvgIpc) is 2.17. The molecule has 0 unspecified atom stereocenters. The zero-order chi connectivity index (χ0) is 12.5. The van der Waals surface area contributed by atoms with Crippen molar-refractivity contribution >= 4 is 15.9 Å². The standard InChI is InChI=1S/C11H14BrFO3/c1-11(2,5-14)8-6(12)4-7(15)10(16-3)9(8)13/h4,14-15H,5H2,1-3H3. The van der Waals surface area contributed by atoms with E-state index in [1.54, 1.807) is 13.8 Å². The third kappa shape index (κ3) is 2.15. The van der Waals surface area contributed by atoms with E-state index in [4.69, 9.17) is 4.74 Å². The number of aliphatic hydroxyl groups is 1. The normalized spacial score (nSPS) is 11.6. The van der Waals surface area contributed by atoms with Crippen molar-refractivity contribution in [2.75, 3.05) is 13.7 Å². The number of hydrogen-bond donors (Lipinski definition) is 2. The van der Waals surface area contributed by atoms with Gasteiger partial charge in [0.2, 0.25) is 0 Å². The Hall–Kier alpha value is -0.810. The molecule has 0 spiro atoms. The predicted molar refractivity (Wildman–Crippen MR) is 62.4 cm³/mol. The van der Waals surface area contributed by atoms with Crippen molar-refractivity contribution in [1.29, 1.82) is 0 Å². The molecule has 0 aliphatic heterocycles. The average molecular weight is 293 g/mol. The Morgan fingerprint density at radius 1 is 1.50 bits per heavy atom. The molecule has 1 aromatic carbocycles. The third-order valence-electron chi connectivity index (χ3n) is 2.43. The fourth-order valence-corrected chi connectivity index (χ4v) is 2.41. The lowest BCUT2D eigenvalue weighted by Gasteiger charge is -2.25. The topological polar surface area (TPSA) is 49.7 Å². The summed E-state index contributed by atoms with van der Waals surface area (Å²) in [6.45, 7) is 3.19. The number of aromatic hydroxyl groups is 1. The minimum atomic E-state index is -0.760. The van der Waals surface area contributed by atoms with Gasteiger partial charge in [0, 0.05) is 15.5 Å². The summed E-state index contributed by atoms with van der Waals surface area (Å²) in [5, 5.41) is 18.7. The van der Waals surface area contributed by atoms with Crippen molar-refractivity contribution in [1.82, 2.24) is 0 Å². The van der Waals surface area contributed by atoms with Gasteiger partial charge in [-0.05, 0) is 6.07 Å². The summed E-state index contributed by atoms with van der Waals surface area (Å²) in [6, 6.07) is 1.36. The highest BCUT2D eigenvalue weighted by Gasteiger charge is 2.29. The van der Waals surface area contributed by atoms with Crippen LogP contribution in [0.3, 0.4) is 0 Å². The highest BCUT2D eigenvalue weighted by atomic mass is 79.9. The summed E-state index contributed by atoms with van der Waals surface area (Å²) in [6.07, 6.45) is 0. The van der Waals surface area contributed by atoms with E-state index in [0.717, 1.165) is 0 Å². The van der Waals surface area contributed by atoms with Gasteiger partial charge in [-0.25, -0.2) is 4.39 Å². The van der Waals surface area contributed by atoms with Crippen molar-refractivity contribution in [3.63, 3.8) is 0 Å². The molecule has 5 heteroatoms. The van der Waals surface area contributed by atoms with Gasteiger partial charge in [0.1, 0.15) is 0 Å². The summed E-state index contributed by atoms with van der Waals surface area (Å²) in [5.74, 6) is -1.14. The van der Waals surface area contributed by atoms with E-state index in [0.29, 0.717) is 4.47 Å². The van der Waals surface area contributed by atoms with Crippen LogP contribution in [-0.2, 0) is 5.41 Å². The van der Waals surface area contributed by atoms with Crippen LogP contribution in [0.25, 0.3) is 0 Å². The molecule has 0 saturated heterocycles. The fraction of sp³-hybridized carbons (Fsp3) is 0.455. The minimum absolute atomic E-state index is 0.209. The second kappa shape index (κ2) is 4.59. The van der Waals surface area contributed by atoms with Gasteiger partial charge in [0.25, 0.3) is 0 Å². The molecule has 1 rings (SSSR count). The predicted octanol–water partition coefficient (Wildman–Crippen LogP) is 2.57. The first-order valence-corrected chi connectivity index (χ1v) is 5.50. The Balaban J connectivity index is 3.51. The van der Waals surface area contributed by atoms with E-state index in [-0.39, 0.29) is 23.7 Å². The minimum Gasteiger partial charge on any atom is -0.504 e. The van der Waals surface area contributed by atoms with Gasteiger partial charge in [0.15, 0.2) is 17.3 Å². The van der Waals surface area contributed by atoms with Crippen LogP contribution < -0.4 is 4.74 Å². The van der Waals surface area contributed by atoms with Crippen molar-refractivity contribution in [2.45, 2.75) is 19.3 Å². The highest BCUT2D eigenvalue weighted by molar-refractivity contribution is 9.10. The van der Waals surface area contributed by atoms with Gasteiger partial charge in [-0.1, -0.05) is 29.8 Å². The van der Waals surface area contributed by atoms with Gasteiger partial charge >= 0.3 is 0 Å². The van der Waals surface area contributed by atoms with Crippen LogP contribution in [0.5, 0.6) is 11.5 Å². The Morgan fingerprint density at radius 3 is 2.50 bits per heavy atom. The maximum atomic E-state index is 14.1. The number of aliphatic hydroxyl groups excluding tert-OH is 1. The SMILES string of the molecule is COc1c(O)cc(Br)c(C(C)(C)CO)c1F. The van der Waals surface area contributed by atoms with Gasteiger partial charge in [-0.15, -0.1) is 0 Å². The molecule has 90 valence electrons. The second-order valence-electron chi connectivity index (χ2n) is 4.14. The van der Waals surface area contributed by atoms with E-state index in [9.17, 15) is 14.6 Å². The Bertz CT molecular complexity index is 405. The van der Waals surface area contributed by atoms with Crippen LogP contribution in [0.2, 0.25) is 0 Å². The lowest BCUT2D eigenvalue weighted by molar-refractivity contribution is 0.213. The summed E-state index contributed by atoms with van der Waals surface area (Å²) >= 11 is 3.17. The van der Waals surface area contributed by atoms with Crippen molar-refractivity contribution in [3.05, 3.63) is 21.9 Å². The molecule has 0 bridgehead atoms. The van der Waals surface area contributed by atoms with E-state index < -0.39 is 11.2 Å². The largest absolute Gasteiger partial charge is 0.504 e. The molecule has 0 heterocycles. The molecule has 0 saturated carbocycles. The molecular weight excluding hydrogens is 279 g/mol. The van der Waals surface area contributed by atoms with E-state index in [2.05, 4.69) is 15.9 Å². The molecule has 2 N–H and O–H groups in total. The maximum absolute atomic E-state index is 14.1. The zero-order valence-electron chi connectivity index (χ0n) is 9.34. The molecule has 0 radical (unpaired) electrons. The number of halogens is 2. The number of hydrogen-bond acceptors (Lipinski definition) is 3. The molecular formula is C11H14BrFO3. The lowest BCUT2D eigenvalue weighted by Crippen LogP contribution is -2.24. The van der Waals surface area contributed by atoms with Crippen LogP contribution in [0.1, 0.15) is 19.4 Å². The number of phenolic OH excluding ortho intramolecular Hbond substituents is 1. The highest BCUT2D eigenvalue weighted by Crippen LogP contribution is 2.41. The van der Waals surface area contributed by atoms with Gasteiger partial charge in [-0.3, -0.25) is 0 Å². The summed E-state index contributed by atoms with van der Waals surface area (Å²) in [5.41, 5.74) is -0.478. The van der Waals surface area contributed by atoms with E-state index in [1.807, 2.05) is 0 Å². The molecule has 0 atom stereocenters. The Labute approximate surface area is 102 Å². The van der Waals surface area contributed by atoms with E-state index >= 15 is 0 Å². The van der Waals surface area contributed by atoms with Crippen LogP contribution in [0.15, 0.2) is 10.5 Å². The van der Waals surface area contributed by atoms with Crippen molar-refractivity contribution in [3.8, 4) is 11.5 Å². The molecule has 0 fully saturated rings. The first kappa shape index (κ1) is 13.3. The van der Waals surface area contributed by atoms with Crippen molar-refractivity contribution in [2.24, 2.45) is 0 Å². The third-order valence-corrected chi connectivity index (χ3v) is 3.06. The lowest BCUT2D eigenvalue weighted by atomic mass is 9.85. The van der Waals surface area contributed by atoms with Gasteiger partial charge < -0.3 is 14.9 Å². The van der Waals surface area contributed by atoms with Crippen LogP contribution >= 0.6 is 15.9 Å². The summed E-state index contributed by atoms with van der Waals surface area (Å²) < 4.78 is 19.2. The second-order valence-corrected chi connectivity index (χ2v) is 5.00. The number of benzene rings is 1. The summed E-state index contributed by atoms with van der Waals surface area (Å²) in [7, 11) is 1.28. The van der Waals surface area contributed by atoms with Gasteiger partial charge in [0.05, 0.1) is 13.7 Å². The monoisotopic (exact) mass is 292 g/mol. The summed E-state index contributed by atoms with van der Waals surface area (Å²) in [4.78, 5) is 0. The molecule has 0 aromatic heterocycles. The van der Waals surface area contributed by atoms with Crippen LogP contribution in [0.4, 0.5) is 4.39 Å². The number of methoxy groups -OCH3 is 1.